The lowest BCUT2D eigenvalue weighted by Gasteiger charge is -2.11. The summed E-state index contributed by atoms with van der Waals surface area (Å²) in [7, 11) is 1.60. The molecule has 156 valence electrons. The molecule has 2 heterocycles. The van der Waals surface area contributed by atoms with Crippen molar-refractivity contribution in [1.82, 2.24) is 9.47 Å². The summed E-state index contributed by atoms with van der Waals surface area (Å²) in [5.74, 6) is -0.266. The number of thioether (sulfide) groups is 1. The number of carbonyl (C=O) groups excluding carboxylic acids is 2. The van der Waals surface area contributed by atoms with Crippen LogP contribution in [-0.4, -0.2) is 40.9 Å². The zero-order chi connectivity index (χ0) is 21.8. The van der Waals surface area contributed by atoms with Crippen LogP contribution in [0.1, 0.15) is 23.1 Å². The lowest BCUT2D eigenvalue weighted by atomic mass is 10.1. The van der Waals surface area contributed by atoms with Crippen molar-refractivity contribution in [2.45, 2.75) is 13.0 Å². The quantitative estimate of drug-likeness (QED) is 0.403. The maximum absolute atomic E-state index is 12.8. The molecule has 3 aromatic rings. The SMILES string of the molecule is COCCCN1C(=O)S/C(=C/c2cn(Cc3ccccc3C#N)c3ccccc23)C1=O. The number of aromatic nitrogens is 1. The molecule has 0 spiro atoms. The summed E-state index contributed by atoms with van der Waals surface area (Å²) in [6, 6.07) is 17.7. The molecule has 1 saturated heterocycles. The molecule has 2 amide bonds. The van der Waals surface area contributed by atoms with Crippen molar-refractivity contribution in [3.05, 3.63) is 76.3 Å². The van der Waals surface area contributed by atoms with Crippen molar-refractivity contribution in [3.8, 4) is 6.07 Å². The lowest BCUT2D eigenvalue weighted by Crippen LogP contribution is -2.29. The van der Waals surface area contributed by atoms with E-state index in [0.29, 0.717) is 36.6 Å². The standard InChI is InChI=1S/C24H21N3O3S/c1-30-12-6-11-27-23(28)22(31-24(27)29)13-19-16-26(21-10-5-4-9-20(19)21)15-18-8-3-2-7-17(18)14-25/h2-5,7-10,13,16H,6,11-12,15H2,1H3/b22-13+. The Morgan fingerprint density at radius 1 is 1.13 bits per heavy atom. The predicted molar refractivity (Wildman–Crippen MR) is 121 cm³/mol. The van der Waals surface area contributed by atoms with Gasteiger partial charge in [0.2, 0.25) is 0 Å². The molecule has 0 aliphatic carbocycles. The number of benzene rings is 2. The summed E-state index contributed by atoms with van der Waals surface area (Å²) < 4.78 is 7.09. The average Bonchev–Trinajstić information content (AvgIpc) is 3.26. The molecule has 4 rings (SSSR count). The van der Waals surface area contributed by atoms with E-state index in [1.165, 1.54) is 4.90 Å². The molecule has 1 fully saturated rings. The number of rotatable bonds is 7. The average molecular weight is 432 g/mol. The Kier molecular flexibility index (Phi) is 6.21. The van der Waals surface area contributed by atoms with Gasteiger partial charge in [0, 0.05) is 49.5 Å². The molecule has 7 heteroatoms. The van der Waals surface area contributed by atoms with E-state index in [0.717, 1.165) is 33.8 Å². The van der Waals surface area contributed by atoms with E-state index in [2.05, 4.69) is 10.6 Å². The van der Waals surface area contributed by atoms with Gasteiger partial charge < -0.3 is 9.30 Å². The number of carbonyl (C=O) groups is 2. The maximum Gasteiger partial charge on any atom is 0.293 e. The molecule has 0 atom stereocenters. The first-order valence-corrected chi connectivity index (χ1v) is 10.7. The molecular weight excluding hydrogens is 410 g/mol. The fourth-order valence-corrected chi connectivity index (χ4v) is 4.53. The van der Waals surface area contributed by atoms with Crippen LogP contribution < -0.4 is 0 Å². The third-order valence-corrected chi connectivity index (χ3v) is 6.10. The summed E-state index contributed by atoms with van der Waals surface area (Å²) in [6.07, 6.45) is 4.37. The highest BCUT2D eigenvalue weighted by atomic mass is 32.2. The van der Waals surface area contributed by atoms with Crippen LogP contribution in [-0.2, 0) is 16.1 Å². The Bertz CT molecular complexity index is 1220. The van der Waals surface area contributed by atoms with Crippen LogP contribution in [0.15, 0.2) is 59.6 Å². The van der Waals surface area contributed by atoms with Gasteiger partial charge in [0.1, 0.15) is 0 Å². The Hall–Kier alpha value is -3.34. The van der Waals surface area contributed by atoms with E-state index in [1.807, 2.05) is 54.7 Å². The highest BCUT2D eigenvalue weighted by Crippen LogP contribution is 2.34. The molecule has 0 radical (unpaired) electrons. The smallest absolute Gasteiger partial charge is 0.293 e. The van der Waals surface area contributed by atoms with Crippen LogP contribution in [0.3, 0.4) is 0 Å². The van der Waals surface area contributed by atoms with Gasteiger partial charge >= 0.3 is 0 Å². The Morgan fingerprint density at radius 2 is 1.90 bits per heavy atom. The number of fused-ring (bicyclic) bond motifs is 1. The number of methoxy groups -OCH3 is 1. The van der Waals surface area contributed by atoms with Crippen LogP contribution in [0.2, 0.25) is 0 Å². The van der Waals surface area contributed by atoms with E-state index in [4.69, 9.17) is 4.74 Å². The lowest BCUT2D eigenvalue weighted by molar-refractivity contribution is -0.122. The van der Waals surface area contributed by atoms with Crippen LogP contribution in [0.25, 0.3) is 17.0 Å². The minimum atomic E-state index is -0.266. The van der Waals surface area contributed by atoms with Gasteiger partial charge in [0.15, 0.2) is 0 Å². The highest BCUT2D eigenvalue weighted by Gasteiger charge is 2.34. The number of hydrogen-bond acceptors (Lipinski definition) is 5. The number of para-hydroxylation sites is 1. The molecule has 0 bridgehead atoms. The van der Waals surface area contributed by atoms with Crippen molar-refractivity contribution in [3.63, 3.8) is 0 Å². The molecular formula is C24H21N3O3S. The summed E-state index contributed by atoms with van der Waals surface area (Å²) in [5.41, 5.74) is 3.43. The van der Waals surface area contributed by atoms with Gasteiger partial charge in [0.25, 0.3) is 11.1 Å². The molecule has 0 unspecified atom stereocenters. The van der Waals surface area contributed by atoms with Crippen molar-refractivity contribution in [1.29, 1.82) is 5.26 Å². The molecule has 31 heavy (non-hydrogen) atoms. The molecule has 6 nitrogen and oxygen atoms in total. The fraction of sp³-hybridized carbons (Fsp3) is 0.208. The minimum Gasteiger partial charge on any atom is -0.385 e. The normalized spacial score (nSPS) is 15.2. The first kappa shape index (κ1) is 20.9. The summed E-state index contributed by atoms with van der Waals surface area (Å²) in [5, 5.41) is 10.1. The largest absolute Gasteiger partial charge is 0.385 e. The van der Waals surface area contributed by atoms with E-state index in [1.54, 1.807) is 13.2 Å². The Balaban J connectivity index is 1.67. The molecule has 2 aromatic carbocycles. The monoisotopic (exact) mass is 431 g/mol. The van der Waals surface area contributed by atoms with E-state index in [9.17, 15) is 14.9 Å². The predicted octanol–water partition coefficient (Wildman–Crippen LogP) is 4.63. The van der Waals surface area contributed by atoms with Crippen LogP contribution in [0, 0.1) is 11.3 Å². The van der Waals surface area contributed by atoms with Gasteiger partial charge in [-0.25, -0.2) is 0 Å². The van der Waals surface area contributed by atoms with Gasteiger partial charge in [-0.3, -0.25) is 14.5 Å². The number of nitriles is 1. The number of nitrogens with zero attached hydrogens (tertiary/aromatic N) is 3. The van der Waals surface area contributed by atoms with E-state index >= 15 is 0 Å². The third kappa shape index (κ3) is 4.26. The number of hydrogen-bond donors (Lipinski definition) is 0. The van der Waals surface area contributed by atoms with Crippen molar-refractivity contribution < 1.29 is 14.3 Å². The van der Waals surface area contributed by atoms with E-state index < -0.39 is 0 Å². The molecule has 0 saturated carbocycles. The Labute approximate surface area is 184 Å². The first-order valence-electron chi connectivity index (χ1n) is 9.92. The second-order valence-electron chi connectivity index (χ2n) is 7.18. The van der Waals surface area contributed by atoms with E-state index in [-0.39, 0.29) is 11.1 Å². The van der Waals surface area contributed by atoms with Crippen molar-refractivity contribution >= 4 is 39.9 Å². The second kappa shape index (κ2) is 9.21. The first-order chi connectivity index (χ1) is 15.1. The molecule has 1 aromatic heterocycles. The van der Waals surface area contributed by atoms with Crippen LogP contribution in [0.5, 0.6) is 0 Å². The number of amides is 2. The van der Waals surface area contributed by atoms with Gasteiger partial charge in [-0.05, 0) is 42.0 Å². The number of imide groups is 1. The highest BCUT2D eigenvalue weighted by molar-refractivity contribution is 8.18. The summed E-state index contributed by atoms with van der Waals surface area (Å²) in [4.78, 5) is 26.8. The summed E-state index contributed by atoms with van der Waals surface area (Å²) in [6.45, 7) is 1.39. The van der Waals surface area contributed by atoms with Crippen molar-refractivity contribution in [2.24, 2.45) is 0 Å². The van der Waals surface area contributed by atoms with Gasteiger partial charge in [-0.15, -0.1) is 0 Å². The zero-order valence-electron chi connectivity index (χ0n) is 17.1. The zero-order valence-corrected chi connectivity index (χ0v) is 17.9. The molecule has 1 aliphatic heterocycles. The molecule has 0 N–H and O–H groups in total. The third-order valence-electron chi connectivity index (χ3n) is 5.19. The fourth-order valence-electron chi connectivity index (χ4n) is 3.67. The van der Waals surface area contributed by atoms with Gasteiger partial charge in [-0.2, -0.15) is 5.26 Å². The topological polar surface area (TPSA) is 75.3 Å². The number of ether oxygens (including phenoxy) is 1. The maximum atomic E-state index is 12.8. The van der Waals surface area contributed by atoms with Crippen LogP contribution in [0.4, 0.5) is 4.79 Å². The second-order valence-corrected chi connectivity index (χ2v) is 8.17. The van der Waals surface area contributed by atoms with Gasteiger partial charge in [0.05, 0.1) is 16.5 Å². The Morgan fingerprint density at radius 3 is 2.71 bits per heavy atom. The minimum absolute atomic E-state index is 0.251. The summed E-state index contributed by atoms with van der Waals surface area (Å²) >= 11 is 0.968. The molecule has 1 aliphatic rings. The van der Waals surface area contributed by atoms with Crippen LogP contribution >= 0.6 is 11.8 Å². The van der Waals surface area contributed by atoms with Crippen molar-refractivity contribution in [2.75, 3.05) is 20.3 Å². The van der Waals surface area contributed by atoms with Gasteiger partial charge in [-0.1, -0.05) is 36.4 Å².